The standard InChI is InChI=1S/C29H32ClN3O3/c1-18(2)19-10-13-23(14-11-19)33-26(34)25-17-20-16-21(30)12-15-24(20)32(25)28(36)29(33,3)27(35)31-22-8-6-4-5-7-9-22/h10-18,22H,4-9H2,1-3H3,(H,31,35). The van der Waals surface area contributed by atoms with Crippen LogP contribution in [0.3, 0.4) is 0 Å². The van der Waals surface area contributed by atoms with E-state index in [2.05, 4.69) is 19.2 Å². The highest BCUT2D eigenvalue weighted by atomic mass is 35.5. The zero-order chi connectivity index (χ0) is 25.6. The van der Waals surface area contributed by atoms with Crippen molar-refractivity contribution in [3.63, 3.8) is 0 Å². The second-order valence-electron chi connectivity index (χ2n) is 10.5. The number of nitrogens with one attached hydrogen (secondary N) is 1. The fourth-order valence-electron chi connectivity index (χ4n) is 5.53. The van der Waals surface area contributed by atoms with E-state index < -0.39 is 23.3 Å². The number of hydrogen-bond donors (Lipinski definition) is 1. The van der Waals surface area contributed by atoms with E-state index in [1.807, 2.05) is 24.3 Å². The number of carbonyl (C=O) groups is 3. The van der Waals surface area contributed by atoms with Gasteiger partial charge < -0.3 is 5.32 Å². The zero-order valence-electron chi connectivity index (χ0n) is 21.0. The van der Waals surface area contributed by atoms with Crippen LogP contribution < -0.4 is 10.2 Å². The number of amides is 2. The summed E-state index contributed by atoms with van der Waals surface area (Å²) < 4.78 is 1.39. The minimum absolute atomic E-state index is 0.00787. The lowest BCUT2D eigenvalue weighted by atomic mass is 9.91. The number of rotatable bonds is 4. The number of carbonyl (C=O) groups excluding carboxylic acids is 3. The maximum absolute atomic E-state index is 14.2. The Bertz CT molecular complexity index is 1340. The Morgan fingerprint density at radius 1 is 1.00 bits per heavy atom. The third kappa shape index (κ3) is 4.01. The molecule has 1 unspecified atom stereocenters. The monoisotopic (exact) mass is 505 g/mol. The fraction of sp³-hybridized carbons (Fsp3) is 0.414. The second-order valence-corrected chi connectivity index (χ2v) is 10.9. The van der Waals surface area contributed by atoms with E-state index in [-0.39, 0.29) is 11.7 Å². The van der Waals surface area contributed by atoms with Gasteiger partial charge in [0, 0.05) is 22.1 Å². The van der Waals surface area contributed by atoms with E-state index in [4.69, 9.17) is 11.6 Å². The van der Waals surface area contributed by atoms with Gasteiger partial charge in [-0.3, -0.25) is 23.9 Å². The molecule has 2 aliphatic rings. The van der Waals surface area contributed by atoms with Crippen LogP contribution >= 0.6 is 11.6 Å². The molecule has 2 amide bonds. The van der Waals surface area contributed by atoms with E-state index in [9.17, 15) is 14.4 Å². The van der Waals surface area contributed by atoms with E-state index in [1.54, 1.807) is 31.2 Å². The summed E-state index contributed by atoms with van der Waals surface area (Å²) in [7, 11) is 0. The molecule has 1 aromatic heterocycles. The molecule has 1 fully saturated rings. The predicted molar refractivity (Wildman–Crippen MR) is 143 cm³/mol. The van der Waals surface area contributed by atoms with Crippen LogP contribution in [-0.2, 0) is 4.79 Å². The van der Waals surface area contributed by atoms with E-state index >= 15 is 0 Å². The lowest BCUT2D eigenvalue weighted by Gasteiger charge is -2.42. The fourth-order valence-corrected chi connectivity index (χ4v) is 5.71. The number of aromatic nitrogens is 1. The van der Waals surface area contributed by atoms with Gasteiger partial charge in [0.2, 0.25) is 5.54 Å². The molecule has 6 nitrogen and oxygen atoms in total. The molecule has 1 aliphatic carbocycles. The molecule has 0 saturated heterocycles. The van der Waals surface area contributed by atoms with Gasteiger partial charge in [0.05, 0.1) is 5.52 Å². The van der Waals surface area contributed by atoms with Gasteiger partial charge in [-0.1, -0.05) is 63.3 Å². The van der Waals surface area contributed by atoms with Gasteiger partial charge in [0.1, 0.15) is 5.69 Å². The van der Waals surface area contributed by atoms with Crippen LogP contribution in [-0.4, -0.2) is 33.9 Å². The average Bonchev–Trinajstić information content (AvgIpc) is 3.03. The van der Waals surface area contributed by atoms with Crippen molar-refractivity contribution in [1.29, 1.82) is 0 Å². The molecule has 7 heteroatoms. The first-order chi connectivity index (χ1) is 17.2. The highest BCUT2D eigenvalue weighted by Gasteiger charge is 2.55. The molecular weight excluding hydrogens is 474 g/mol. The smallest absolute Gasteiger partial charge is 0.276 e. The van der Waals surface area contributed by atoms with E-state index in [1.165, 1.54) is 9.47 Å². The SMILES string of the molecule is CC(C)c1ccc(N2C(=O)c3cc4cc(Cl)ccc4n3C(=O)C2(C)C(=O)NC2CCCCCC2)cc1. The molecule has 188 valence electrons. The Morgan fingerprint density at radius 2 is 1.67 bits per heavy atom. The van der Waals surface area contributed by atoms with Gasteiger partial charge >= 0.3 is 0 Å². The summed E-state index contributed by atoms with van der Waals surface area (Å²) in [4.78, 5) is 43.6. The molecular formula is C29H32ClN3O3. The van der Waals surface area contributed by atoms with Gasteiger partial charge in [-0.15, -0.1) is 0 Å². The minimum Gasteiger partial charge on any atom is -0.351 e. The number of nitrogens with zero attached hydrogens (tertiary/aromatic N) is 2. The quantitative estimate of drug-likeness (QED) is 0.333. The van der Waals surface area contributed by atoms with Crippen molar-refractivity contribution in [3.8, 4) is 0 Å². The molecule has 5 rings (SSSR count). The van der Waals surface area contributed by atoms with Crippen molar-refractivity contribution in [3.05, 3.63) is 64.8 Å². The lowest BCUT2D eigenvalue weighted by Crippen LogP contribution is -2.69. The molecule has 1 N–H and O–H groups in total. The topological polar surface area (TPSA) is 71.4 Å². The van der Waals surface area contributed by atoms with Crippen molar-refractivity contribution in [2.45, 2.75) is 76.8 Å². The Hall–Kier alpha value is -3.12. The first kappa shape index (κ1) is 24.6. The number of anilines is 1. The van der Waals surface area contributed by atoms with Crippen molar-refractivity contribution < 1.29 is 14.4 Å². The molecule has 1 aliphatic heterocycles. The first-order valence-electron chi connectivity index (χ1n) is 12.8. The molecule has 2 aromatic carbocycles. The first-order valence-corrected chi connectivity index (χ1v) is 13.2. The van der Waals surface area contributed by atoms with Crippen molar-refractivity contribution in [1.82, 2.24) is 9.88 Å². The lowest BCUT2D eigenvalue weighted by molar-refractivity contribution is -0.125. The van der Waals surface area contributed by atoms with Crippen LogP contribution in [0.2, 0.25) is 5.02 Å². The number of fused-ring (bicyclic) bond motifs is 3. The summed E-state index contributed by atoms with van der Waals surface area (Å²) in [5.41, 5.74) is 0.677. The number of halogens is 1. The van der Waals surface area contributed by atoms with Crippen LogP contribution in [0.15, 0.2) is 48.5 Å². The third-order valence-electron chi connectivity index (χ3n) is 7.70. The molecule has 0 bridgehead atoms. The van der Waals surface area contributed by atoms with Crippen LogP contribution in [0.1, 0.15) is 86.1 Å². The summed E-state index contributed by atoms with van der Waals surface area (Å²) in [6, 6.07) is 14.4. The van der Waals surface area contributed by atoms with Gasteiger partial charge in [0.25, 0.3) is 17.7 Å². The number of benzene rings is 2. The van der Waals surface area contributed by atoms with Crippen LogP contribution in [0, 0.1) is 0 Å². The summed E-state index contributed by atoms with van der Waals surface area (Å²) in [6.45, 7) is 5.76. The third-order valence-corrected chi connectivity index (χ3v) is 7.94. The van der Waals surface area contributed by atoms with Gasteiger partial charge in [-0.25, -0.2) is 0 Å². The molecule has 2 heterocycles. The number of hydrogen-bond acceptors (Lipinski definition) is 3. The average molecular weight is 506 g/mol. The Balaban J connectivity index is 1.64. The molecule has 36 heavy (non-hydrogen) atoms. The molecule has 0 spiro atoms. The summed E-state index contributed by atoms with van der Waals surface area (Å²) in [5, 5.41) is 4.34. The van der Waals surface area contributed by atoms with Crippen molar-refractivity contribution in [2.75, 3.05) is 4.90 Å². The van der Waals surface area contributed by atoms with E-state index in [0.717, 1.165) is 44.1 Å². The van der Waals surface area contributed by atoms with Crippen LogP contribution in [0.4, 0.5) is 5.69 Å². The predicted octanol–water partition coefficient (Wildman–Crippen LogP) is 6.32. The van der Waals surface area contributed by atoms with Crippen LogP contribution in [0.5, 0.6) is 0 Å². The molecule has 3 aromatic rings. The zero-order valence-corrected chi connectivity index (χ0v) is 21.8. The van der Waals surface area contributed by atoms with Crippen molar-refractivity contribution in [2.24, 2.45) is 0 Å². The highest BCUT2D eigenvalue weighted by Crippen LogP contribution is 2.37. The summed E-state index contributed by atoms with van der Waals surface area (Å²) in [6.07, 6.45) is 6.14. The van der Waals surface area contributed by atoms with Gasteiger partial charge in [0.15, 0.2) is 0 Å². The minimum atomic E-state index is -1.75. The Kier molecular flexibility index (Phi) is 6.41. The van der Waals surface area contributed by atoms with Gasteiger partial charge in [-0.05, 0) is 67.6 Å². The molecule has 1 atom stereocenters. The van der Waals surface area contributed by atoms with E-state index in [0.29, 0.717) is 27.5 Å². The maximum Gasteiger partial charge on any atom is 0.276 e. The molecule has 0 radical (unpaired) electrons. The van der Waals surface area contributed by atoms with Gasteiger partial charge in [-0.2, -0.15) is 0 Å². The highest BCUT2D eigenvalue weighted by molar-refractivity contribution is 6.32. The Morgan fingerprint density at radius 3 is 2.31 bits per heavy atom. The van der Waals surface area contributed by atoms with Crippen molar-refractivity contribution >= 4 is 45.9 Å². The summed E-state index contributed by atoms with van der Waals surface area (Å²) in [5.74, 6) is -0.969. The second kappa shape index (κ2) is 9.40. The Labute approximate surface area is 216 Å². The normalized spacial score (nSPS) is 21.1. The summed E-state index contributed by atoms with van der Waals surface area (Å²) >= 11 is 6.19. The largest absolute Gasteiger partial charge is 0.351 e. The maximum atomic E-state index is 14.2. The van der Waals surface area contributed by atoms with Crippen LogP contribution in [0.25, 0.3) is 10.9 Å². The molecule has 1 saturated carbocycles.